The summed E-state index contributed by atoms with van der Waals surface area (Å²) in [6, 6.07) is -0.694. The summed E-state index contributed by atoms with van der Waals surface area (Å²) in [4.78, 5) is 26.3. The predicted molar refractivity (Wildman–Crippen MR) is 297 cm³/mol. The van der Waals surface area contributed by atoms with Crippen LogP contribution in [0.2, 0.25) is 0 Å². The number of esters is 1. The number of rotatable bonds is 58. The van der Waals surface area contributed by atoms with Crippen molar-refractivity contribution < 1.29 is 24.5 Å². The van der Waals surface area contributed by atoms with E-state index < -0.39 is 18.2 Å². The molecule has 0 aliphatic carbocycles. The monoisotopic (exact) mass is 962 g/mol. The zero-order valence-corrected chi connectivity index (χ0v) is 46.5. The summed E-state index contributed by atoms with van der Waals surface area (Å²) in [6.45, 7) is 6.55. The van der Waals surface area contributed by atoms with E-state index in [-0.39, 0.29) is 24.9 Å². The fraction of sp³-hybridized carbons (Fsp3) is 0.968. The lowest BCUT2D eigenvalue weighted by Crippen LogP contribution is -2.46. The standard InChI is InChI=1S/C62H123NO5/c1-4-7-10-13-16-19-22-25-28-31-33-36-39-42-45-48-51-54-60(65)59(57-64)63-61(66)56-58(53-50-47-44-41-38-35-32-29-26-23-20-17-14-11-8-5-2)68-62(67)55-52-49-46-43-40-37-34-30-27-24-21-18-15-12-9-6-3/h58-60,64-65H,4-57H2,1-3H3,(H,63,66). The molecule has 0 aromatic carbocycles. The number of nitrogens with one attached hydrogen (secondary N) is 1. The molecule has 0 fully saturated rings. The predicted octanol–water partition coefficient (Wildman–Crippen LogP) is 19.5. The van der Waals surface area contributed by atoms with Gasteiger partial charge in [-0.1, -0.05) is 323 Å². The van der Waals surface area contributed by atoms with Gasteiger partial charge in [0.05, 0.1) is 25.2 Å². The van der Waals surface area contributed by atoms with Crippen LogP contribution in [0.4, 0.5) is 0 Å². The van der Waals surface area contributed by atoms with Crippen LogP contribution in [-0.4, -0.2) is 46.9 Å². The lowest BCUT2D eigenvalue weighted by Gasteiger charge is -2.24. The molecule has 0 heterocycles. The highest BCUT2D eigenvalue weighted by Gasteiger charge is 2.24. The van der Waals surface area contributed by atoms with Crippen LogP contribution in [-0.2, 0) is 14.3 Å². The molecular formula is C62H123NO5. The van der Waals surface area contributed by atoms with Crippen LogP contribution in [0, 0.1) is 0 Å². The Hall–Kier alpha value is -1.14. The number of aliphatic hydroxyl groups excluding tert-OH is 2. The van der Waals surface area contributed by atoms with E-state index in [1.54, 1.807) is 0 Å². The first-order valence-electron chi connectivity index (χ1n) is 31.3. The summed E-state index contributed by atoms with van der Waals surface area (Å²) < 4.78 is 5.99. The van der Waals surface area contributed by atoms with E-state index >= 15 is 0 Å². The Labute approximate surface area is 426 Å². The van der Waals surface area contributed by atoms with Crippen LogP contribution in [0.3, 0.4) is 0 Å². The molecule has 0 aliphatic heterocycles. The summed E-state index contributed by atoms with van der Waals surface area (Å²) >= 11 is 0. The summed E-state index contributed by atoms with van der Waals surface area (Å²) in [5.41, 5.74) is 0. The van der Waals surface area contributed by atoms with E-state index in [1.807, 2.05) is 0 Å². The second-order valence-corrected chi connectivity index (χ2v) is 21.8. The quantitative estimate of drug-likeness (QED) is 0.0417. The molecule has 0 aliphatic rings. The van der Waals surface area contributed by atoms with Gasteiger partial charge in [-0.3, -0.25) is 9.59 Å². The summed E-state index contributed by atoms with van der Waals surface area (Å²) in [5, 5.41) is 24.0. The number of hydrogen-bond donors (Lipinski definition) is 3. The van der Waals surface area contributed by atoms with Crippen LogP contribution in [0.5, 0.6) is 0 Å². The molecule has 0 radical (unpaired) electrons. The first kappa shape index (κ1) is 66.9. The number of ether oxygens (including phenoxy) is 1. The Bertz CT molecular complexity index is 990. The largest absolute Gasteiger partial charge is 0.462 e. The van der Waals surface area contributed by atoms with Crippen LogP contribution >= 0.6 is 0 Å². The molecule has 0 saturated carbocycles. The van der Waals surface area contributed by atoms with E-state index in [1.165, 1.54) is 276 Å². The van der Waals surface area contributed by atoms with E-state index in [9.17, 15) is 19.8 Å². The second kappa shape index (κ2) is 56.8. The minimum atomic E-state index is -0.781. The molecule has 0 spiro atoms. The lowest BCUT2D eigenvalue weighted by atomic mass is 10.0. The fourth-order valence-electron chi connectivity index (χ4n) is 10.2. The van der Waals surface area contributed by atoms with Crippen molar-refractivity contribution in [2.75, 3.05) is 6.61 Å². The average Bonchev–Trinajstić information content (AvgIpc) is 3.33. The van der Waals surface area contributed by atoms with Gasteiger partial charge in [-0.25, -0.2) is 0 Å². The first-order valence-corrected chi connectivity index (χ1v) is 31.3. The molecule has 68 heavy (non-hydrogen) atoms. The van der Waals surface area contributed by atoms with Gasteiger partial charge >= 0.3 is 5.97 Å². The normalized spacial score (nSPS) is 13.0. The first-order chi connectivity index (χ1) is 33.5. The van der Waals surface area contributed by atoms with Gasteiger partial charge in [-0.2, -0.15) is 0 Å². The van der Waals surface area contributed by atoms with Gasteiger partial charge in [0.15, 0.2) is 0 Å². The van der Waals surface area contributed by atoms with Gasteiger partial charge < -0.3 is 20.3 Å². The number of hydrogen-bond acceptors (Lipinski definition) is 5. The van der Waals surface area contributed by atoms with Crippen LogP contribution in [0.15, 0.2) is 0 Å². The van der Waals surface area contributed by atoms with E-state index in [0.717, 1.165) is 38.5 Å². The molecular weight excluding hydrogens is 839 g/mol. The third kappa shape index (κ3) is 51.2. The van der Waals surface area contributed by atoms with Crippen molar-refractivity contribution >= 4 is 11.9 Å². The zero-order chi connectivity index (χ0) is 49.5. The van der Waals surface area contributed by atoms with Crippen LogP contribution < -0.4 is 5.32 Å². The van der Waals surface area contributed by atoms with Gasteiger partial charge in [-0.05, 0) is 25.7 Å². The summed E-state index contributed by atoms with van der Waals surface area (Å²) in [7, 11) is 0. The average molecular weight is 963 g/mol. The summed E-state index contributed by atoms with van der Waals surface area (Å²) in [5.74, 6) is -0.440. The third-order valence-electron chi connectivity index (χ3n) is 14.9. The molecule has 3 N–H and O–H groups in total. The molecule has 3 unspecified atom stereocenters. The maximum absolute atomic E-state index is 13.3. The SMILES string of the molecule is CCCCCCCCCCCCCCCCCCCC(O)C(CO)NC(=O)CC(CCCCCCCCCCCCCCCCCC)OC(=O)CCCCCCCCCCCCCCCCCC. The number of aliphatic hydroxyl groups is 2. The van der Waals surface area contributed by atoms with E-state index in [4.69, 9.17) is 4.74 Å². The minimum Gasteiger partial charge on any atom is -0.462 e. The molecule has 6 heteroatoms. The van der Waals surface area contributed by atoms with Crippen molar-refractivity contribution in [1.82, 2.24) is 5.32 Å². The van der Waals surface area contributed by atoms with Gasteiger partial charge in [0.2, 0.25) is 5.91 Å². The molecule has 0 bridgehead atoms. The molecule has 0 aromatic rings. The van der Waals surface area contributed by atoms with Crippen molar-refractivity contribution in [3.05, 3.63) is 0 Å². The number of carbonyl (C=O) groups excluding carboxylic acids is 2. The minimum absolute atomic E-state index is 0.0891. The third-order valence-corrected chi connectivity index (χ3v) is 14.9. The maximum Gasteiger partial charge on any atom is 0.306 e. The lowest BCUT2D eigenvalue weighted by molar-refractivity contribution is -0.151. The Morgan fingerprint density at radius 2 is 0.618 bits per heavy atom. The fourth-order valence-corrected chi connectivity index (χ4v) is 10.2. The molecule has 1 amide bonds. The van der Waals surface area contributed by atoms with E-state index in [2.05, 4.69) is 26.1 Å². The summed E-state index contributed by atoms with van der Waals surface area (Å²) in [6.07, 6.45) is 64.6. The smallest absolute Gasteiger partial charge is 0.306 e. The Morgan fingerprint density at radius 3 is 0.897 bits per heavy atom. The molecule has 406 valence electrons. The van der Waals surface area contributed by atoms with Crippen molar-refractivity contribution in [3.63, 3.8) is 0 Å². The van der Waals surface area contributed by atoms with E-state index in [0.29, 0.717) is 19.3 Å². The number of amides is 1. The molecule has 0 saturated heterocycles. The van der Waals surface area contributed by atoms with Crippen molar-refractivity contribution in [2.24, 2.45) is 0 Å². The van der Waals surface area contributed by atoms with Gasteiger partial charge in [0, 0.05) is 6.42 Å². The van der Waals surface area contributed by atoms with Gasteiger partial charge in [0.1, 0.15) is 6.10 Å². The molecule has 0 rings (SSSR count). The molecule has 0 aromatic heterocycles. The molecule has 3 atom stereocenters. The highest BCUT2D eigenvalue weighted by atomic mass is 16.5. The van der Waals surface area contributed by atoms with Crippen molar-refractivity contribution in [3.8, 4) is 0 Å². The number of unbranched alkanes of at least 4 members (excludes halogenated alkanes) is 46. The Kier molecular flexibility index (Phi) is 55.8. The zero-order valence-electron chi connectivity index (χ0n) is 46.5. The highest BCUT2D eigenvalue weighted by molar-refractivity contribution is 5.77. The number of carbonyl (C=O) groups is 2. The van der Waals surface area contributed by atoms with Crippen molar-refractivity contribution in [2.45, 2.75) is 379 Å². The van der Waals surface area contributed by atoms with Crippen LogP contribution in [0.1, 0.15) is 361 Å². The topological polar surface area (TPSA) is 95.9 Å². The van der Waals surface area contributed by atoms with Gasteiger partial charge in [-0.15, -0.1) is 0 Å². The van der Waals surface area contributed by atoms with Gasteiger partial charge in [0.25, 0.3) is 0 Å². The highest BCUT2D eigenvalue weighted by Crippen LogP contribution is 2.20. The second-order valence-electron chi connectivity index (χ2n) is 21.8. The maximum atomic E-state index is 13.3. The Balaban J connectivity index is 4.46. The van der Waals surface area contributed by atoms with Crippen LogP contribution in [0.25, 0.3) is 0 Å². The van der Waals surface area contributed by atoms with Crippen molar-refractivity contribution in [1.29, 1.82) is 0 Å². The Morgan fingerprint density at radius 1 is 0.368 bits per heavy atom. The molecule has 6 nitrogen and oxygen atoms in total.